The van der Waals surface area contributed by atoms with Crippen molar-refractivity contribution >= 4 is 21.8 Å². The fourth-order valence-corrected chi connectivity index (χ4v) is 4.82. The van der Waals surface area contributed by atoms with Gasteiger partial charge in [-0.05, 0) is 28.8 Å². The van der Waals surface area contributed by atoms with E-state index >= 15 is 0 Å². The lowest BCUT2D eigenvalue weighted by atomic mass is 10.0. The van der Waals surface area contributed by atoms with Gasteiger partial charge in [0.1, 0.15) is 11.8 Å². The van der Waals surface area contributed by atoms with Gasteiger partial charge in [-0.1, -0.05) is 78.9 Å². The summed E-state index contributed by atoms with van der Waals surface area (Å²) < 4.78 is 31.8. The molecule has 206 valence electrons. The van der Waals surface area contributed by atoms with E-state index in [9.17, 15) is 18.0 Å². The highest BCUT2D eigenvalue weighted by Gasteiger charge is 2.32. The van der Waals surface area contributed by atoms with Gasteiger partial charge in [0, 0.05) is 26.1 Å². The van der Waals surface area contributed by atoms with Crippen LogP contribution in [-0.2, 0) is 39.1 Å². The number of carbonyl (C=O) groups excluding carboxylic acids is 2. The lowest BCUT2D eigenvalue weighted by Gasteiger charge is -2.33. The van der Waals surface area contributed by atoms with Crippen LogP contribution >= 0.6 is 0 Å². The number of hydrogen-bond donors (Lipinski definition) is 1. The van der Waals surface area contributed by atoms with Crippen molar-refractivity contribution in [3.63, 3.8) is 0 Å². The molecule has 1 atom stereocenters. The Balaban J connectivity index is 1.98. The predicted molar refractivity (Wildman–Crippen MR) is 152 cm³/mol. The molecule has 0 aliphatic heterocycles. The van der Waals surface area contributed by atoms with Crippen molar-refractivity contribution in [2.24, 2.45) is 0 Å². The number of methoxy groups -OCH3 is 1. The van der Waals surface area contributed by atoms with E-state index in [4.69, 9.17) is 4.74 Å². The minimum absolute atomic E-state index is 0.0355. The third-order valence-corrected chi connectivity index (χ3v) is 7.38. The lowest BCUT2D eigenvalue weighted by Crippen LogP contribution is -2.53. The van der Waals surface area contributed by atoms with E-state index < -0.39 is 28.5 Å². The smallest absolute Gasteiger partial charge is 0.243 e. The monoisotopic (exact) mass is 549 g/mol. The molecular formula is C30H35N3O5S. The number of hydrogen-bond acceptors (Lipinski definition) is 5. The fourth-order valence-electron chi connectivity index (χ4n) is 4.09. The molecule has 8 nitrogen and oxygen atoms in total. The van der Waals surface area contributed by atoms with Gasteiger partial charge < -0.3 is 15.0 Å². The molecule has 3 rings (SSSR count). The van der Waals surface area contributed by atoms with Crippen molar-refractivity contribution in [3.8, 4) is 5.75 Å². The first-order chi connectivity index (χ1) is 18.7. The van der Waals surface area contributed by atoms with E-state index in [2.05, 4.69) is 11.9 Å². The minimum Gasteiger partial charge on any atom is -0.497 e. The first kappa shape index (κ1) is 29.6. The van der Waals surface area contributed by atoms with E-state index in [-0.39, 0.29) is 32.0 Å². The molecular weight excluding hydrogens is 514 g/mol. The second-order valence-electron chi connectivity index (χ2n) is 9.13. The number of sulfonamides is 1. The summed E-state index contributed by atoms with van der Waals surface area (Å²) in [5, 5.41) is 2.81. The van der Waals surface area contributed by atoms with E-state index in [1.807, 2.05) is 60.7 Å². The van der Waals surface area contributed by atoms with Crippen molar-refractivity contribution in [2.45, 2.75) is 25.6 Å². The Labute approximate surface area is 231 Å². The van der Waals surface area contributed by atoms with Gasteiger partial charge in [0.05, 0.1) is 19.9 Å². The maximum absolute atomic E-state index is 13.9. The Hall–Kier alpha value is -3.95. The molecule has 0 aliphatic rings. The number of amides is 2. The quantitative estimate of drug-likeness (QED) is 0.311. The zero-order valence-electron chi connectivity index (χ0n) is 22.3. The molecule has 1 unspecified atom stereocenters. The number of nitrogens with one attached hydrogen (secondary N) is 1. The fraction of sp³-hybridized carbons (Fsp3) is 0.267. The standard InChI is InChI=1S/C30H35N3O5S/c1-4-19-31-30(35)28(20-24-11-7-5-8-12-24)33(22-26-15-17-27(38-2)18-16-26)29(34)23-32(39(3,36)37)21-25-13-9-6-10-14-25/h4-18,28H,1,19-23H2,2-3H3,(H,31,35). The van der Waals surface area contributed by atoms with Crippen LogP contribution in [0.25, 0.3) is 0 Å². The summed E-state index contributed by atoms with van der Waals surface area (Å²) in [5.74, 6) is -0.177. The third kappa shape index (κ3) is 9.08. The molecule has 0 heterocycles. The van der Waals surface area contributed by atoms with Crippen molar-refractivity contribution in [3.05, 3.63) is 114 Å². The van der Waals surface area contributed by atoms with Crippen LogP contribution in [0.4, 0.5) is 0 Å². The van der Waals surface area contributed by atoms with Gasteiger partial charge in [0.25, 0.3) is 0 Å². The summed E-state index contributed by atoms with van der Waals surface area (Å²) in [4.78, 5) is 28.8. The van der Waals surface area contributed by atoms with Crippen molar-refractivity contribution in [1.29, 1.82) is 0 Å². The van der Waals surface area contributed by atoms with E-state index in [1.54, 1.807) is 37.5 Å². The molecule has 0 fully saturated rings. The molecule has 0 aliphatic carbocycles. The van der Waals surface area contributed by atoms with E-state index in [1.165, 1.54) is 4.90 Å². The van der Waals surface area contributed by atoms with Gasteiger partial charge in [-0.25, -0.2) is 8.42 Å². The van der Waals surface area contributed by atoms with Crippen molar-refractivity contribution in [2.75, 3.05) is 26.5 Å². The van der Waals surface area contributed by atoms with Gasteiger partial charge in [0.15, 0.2) is 0 Å². The average Bonchev–Trinajstić information content (AvgIpc) is 2.94. The lowest BCUT2D eigenvalue weighted by molar-refractivity contribution is -0.141. The Morgan fingerprint density at radius 2 is 1.46 bits per heavy atom. The molecule has 1 N–H and O–H groups in total. The summed E-state index contributed by atoms with van der Waals surface area (Å²) in [6.45, 7) is 3.62. The van der Waals surface area contributed by atoms with Crippen molar-refractivity contribution < 1.29 is 22.7 Å². The second-order valence-corrected chi connectivity index (χ2v) is 11.1. The first-order valence-corrected chi connectivity index (χ1v) is 14.4. The molecule has 0 saturated carbocycles. The van der Waals surface area contributed by atoms with Crippen LogP contribution in [0, 0.1) is 0 Å². The molecule has 0 bridgehead atoms. The number of benzene rings is 3. The van der Waals surface area contributed by atoms with Crippen LogP contribution in [0.5, 0.6) is 5.75 Å². The van der Waals surface area contributed by atoms with Crippen LogP contribution in [0.2, 0.25) is 0 Å². The molecule has 0 spiro atoms. The summed E-state index contributed by atoms with van der Waals surface area (Å²) in [7, 11) is -2.17. The maximum atomic E-state index is 13.9. The zero-order chi connectivity index (χ0) is 28.3. The summed E-state index contributed by atoms with van der Waals surface area (Å²) in [6.07, 6.45) is 2.90. The molecule has 3 aromatic carbocycles. The van der Waals surface area contributed by atoms with E-state index in [0.717, 1.165) is 27.3 Å². The largest absolute Gasteiger partial charge is 0.497 e. The Morgan fingerprint density at radius 1 is 0.897 bits per heavy atom. The van der Waals surface area contributed by atoms with E-state index in [0.29, 0.717) is 5.75 Å². The highest BCUT2D eigenvalue weighted by atomic mass is 32.2. The zero-order valence-corrected chi connectivity index (χ0v) is 23.1. The van der Waals surface area contributed by atoms with Crippen LogP contribution in [-0.4, -0.2) is 61.9 Å². The maximum Gasteiger partial charge on any atom is 0.243 e. The molecule has 2 amide bonds. The molecule has 3 aromatic rings. The van der Waals surface area contributed by atoms with Gasteiger partial charge in [-0.3, -0.25) is 9.59 Å². The molecule has 0 radical (unpaired) electrons. The normalized spacial score (nSPS) is 12.0. The Kier molecular flexibility index (Phi) is 10.8. The molecule has 0 saturated heterocycles. The molecule has 39 heavy (non-hydrogen) atoms. The first-order valence-electron chi connectivity index (χ1n) is 12.5. The summed E-state index contributed by atoms with van der Waals surface area (Å²) in [5.41, 5.74) is 2.39. The van der Waals surface area contributed by atoms with Gasteiger partial charge in [0.2, 0.25) is 21.8 Å². The average molecular weight is 550 g/mol. The Morgan fingerprint density at radius 3 is 2.00 bits per heavy atom. The highest BCUT2D eigenvalue weighted by molar-refractivity contribution is 7.88. The summed E-state index contributed by atoms with van der Waals surface area (Å²) in [6, 6.07) is 24.8. The third-order valence-electron chi connectivity index (χ3n) is 6.19. The highest BCUT2D eigenvalue weighted by Crippen LogP contribution is 2.19. The van der Waals surface area contributed by atoms with Crippen LogP contribution < -0.4 is 10.1 Å². The van der Waals surface area contributed by atoms with Gasteiger partial charge in [-0.15, -0.1) is 6.58 Å². The van der Waals surface area contributed by atoms with Crippen LogP contribution in [0.15, 0.2) is 97.6 Å². The van der Waals surface area contributed by atoms with Crippen LogP contribution in [0.1, 0.15) is 16.7 Å². The minimum atomic E-state index is -3.74. The molecule has 0 aromatic heterocycles. The van der Waals surface area contributed by atoms with Crippen LogP contribution in [0.3, 0.4) is 0 Å². The Bertz CT molecular complexity index is 1330. The topological polar surface area (TPSA) is 96.0 Å². The molecule has 9 heteroatoms. The number of rotatable bonds is 14. The van der Waals surface area contributed by atoms with Gasteiger partial charge in [-0.2, -0.15) is 4.31 Å². The number of nitrogens with zero attached hydrogens (tertiary/aromatic N) is 2. The number of carbonyl (C=O) groups is 2. The predicted octanol–water partition coefficient (Wildman–Crippen LogP) is 3.40. The van der Waals surface area contributed by atoms with Gasteiger partial charge >= 0.3 is 0 Å². The summed E-state index contributed by atoms with van der Waals surface area (Å²) >= 11 is 0. The number of ether oxygens (including phenoxy) is 1. The van der Waals surface area contributed by atoms with Crippen molar-refractivity contribution in [1.82, 2.24) is 14.5 Å². The second kappa shape index (κ2) is 14.3. The SMILES string of the molecule is C=CCNC(=O)C(Cc1ccccc1)N(Cc1ccc(OC)cc1)C(=O)CN(Cc1ccccc1)S(C)(=O)=O.